The lowest BCUT2D eigenvalue weighted by Gasteiger charge is -2.31. The fraction of sp³-hybridized carbons (Fsp3) is 0.357. The lowest BCUT2D eigenvalue weighted by Crippen LogP contribution is -2.42. The zero-order valence-electron chi connectivity index (χ0n) is 12.1. The average Bonchev–Trinajstić information content (AvgIpc) is 2.56. The van der Waals surface area contributed by atoms with Gasteiger partial charge in [0, 0.05) is 37.4 Å². The molecule has 0 amide bonds. The van der Waals surface area contributed by atoms with Crippen LogP contribution in [-0.4, -0.2) is 47.4 Å². The predicted octanol–water partition coefficient (Wildman–Crippen LogP) is 0.942. The Morgan fingerprint density at radius 2 is 2.18 bits per heavy atom. The van der Waals surface area contributed by atoms with Crippen molar-refractivity contribution in [2.24, 2.45) is 0 Å². The zero-order valence-corrected chi connectivity index (χ0v) is 12.9. The Morgan fingerprint density at radius 1 is 1.32 bits per heavy atom. The maximum Gasteiger partial charge on any atom is 0.244 e. The highest BCUT2D eigenvalue weighted by molar-refractivity contribution is 7.89. The van der Waals surface area contributed by atoms with Crippen molar-refractivity contribution in [2.75, 3.05) is 19.7 Å². The van der Waals surface area contributed by atoms with Crippen LogP contribution in [-0.2, 0) is 14.8 Å². The lowest BCUT2D eigenvalue weighted by atomic mass is 10.3. The van der Waals surface area contributed by atoms with Gasteiger partial charge in [0.1, 0.15) is 11.0 Å². The smallest absolute Gasteiger partial charge is 0.244 e. The standard InChI is InChI=1S/C14H16N4O3S/c1-11-4-6-16-14(17-11)13-10-18(7-8-21-13)22(19,20)12-3-2-5-15-9-12/h2-6,9,13H,7-8,10H2,1H3/t13-/m1/s1. The van der Waals surface area contributed by atoms with E-state index in [-0.39, 0.29) is 11.4 Å². The molecule has 1 aliphatic rings. The van der Waals surface area contributed by atoms with Crippen LogP contribution in [0.3, 0.4) is 0 Å². The number of pyridine rings is 1. The summed E-state index contributed by atoms with van der Waals surface area (Å²) in [6.45, 7) is 2.67. The number of ether oxygens (including phenoxy) is 1. The van der Waals surface area contributed by atoms with Crippen LogP contribution in [0.2, 0.25) is 0 Å². The summed E-state index contributed by atoms with van der Waals surface area (Å²) in [5.41, 5.74) is 0.820. The highest BCUT2D eigenvalue weighted by Gasteiger charge is 2.32. The Bertz CT molecular complexity index is 752. The Labute approximate surface area is 129 Å². The summed E-state index contributed by atoms with van der Waals surface area (Å²) >= 11 is 0. The highest BCUT2D eigenvalue weighted by Crippen LogP contribution is 2.24. The maximum atomic E-state index is 12.6. The minimum Gasteiger partial charge on any atom is -0.367 e. The number of rotatable bonds is 3. The molecule has 2 aromatic heterocycles. The van der Waals surface area contributed by atoms with E-state index < -0.39 is 16.1 Å². The van der Waals surface area contributed by atoms with Crippen molar-refractivity contribution in [3.8, 4) is 0 Å². The van der Waals surface area contributed by atoms with Crippen LogP contribution in [0.4, 0.5) is 0 Å². The maximum absolute atomic E-state index is 12.6. The van der Waals surface area contributed by atoms with Gasteiger partial charge < -0.3 is 4.74 Å². The average molecular weight is 320 g/mol. The molecule has 7 nitrogen and oxygen atoms in total. The van der Waals surface area contributed by atoms with Crippen LogP contribution < -0.4 is 0 Å². The Balaban J connectivity index is 1.84. The summed E-state index contributed by atoms with van der Waals surface area (Å²) in [5, 5.41) is 0. The number of sulfonamides is 1. The molecule has 0 aromatic carbocycles. The molecule has 0 radical (unpaired) electrons. The summed E-state index contributed by atoms with van der Waals surface area (Å²) in [4.78, 5) is 12.6. The molecule has 116 valence electrons. The Kier molecular flexibility index (Phi) is 4.14. The lowest BCUT2D eigenvalue weighted by molar-refractivity contribution is -0.00762. The van der Waals surface area contributed by atoms with Gasteiger partial charge in [0.05, 0.1) is 6.61 Å². The largest absolute Gasteiger partial charge is 0.367 e. The van der Waals surface area contributed by atoms with E-state index in [4.69, 9.17) is 4.74 Å². The van der Waals surface area contributed by atoms with Gasteiger partial charge in [-0.15, -0.1) is 0 Å². The molecule has 0 bridgehead atoms. The highest BCUT2D eigenvalue weighted by atomic mass is 32.2. The molecule has 0 N–H and O–H groups in total. The van der Waals surface area contributed by atoms with Gasteiger partial charge in [0.25, 0.3) is 0 Å². The molecule has 3 heterocycles. The number of nitrogens with zero attached hydrogens (tertiary/aromatic N) is 4. The van der Waals surface area contributed by atoms with E-state index in [0.29, 0.717) is 19.0 Å². The van der Waals surface area contributed by atoms with Crippen LogP contribution in [0.25, 0.3) is 0 Å². The van der Waals surface area contributed by atoms with Crippen molar-refractivity contribution in [3.05, 3.63) is 48.3 Å². The molecule has 0 aliphatic carbocycles. The van der Waals surface area contributed by atoms with Gasteiger partial charge in [-0.3, -0.25) is 4.98 Å². The van der Waals surface area contributed by atoms with Crippen LogP contribution in [0.5, 0.6) is 0 Å². The van der Waals surface area contributed by atoms with Gasteiger partial charge in [-0.25, -0.2) is 18.4 Å². The molecule has 1 aliphatic heterocycles. The minimum absolute atomic E-state index is 0.181. The molecule has 1 saturated heterocycles. The molecule has 22 heavy (non-hydrogen) atoms. The third-order valence-electron chi connectivity index (χ3n) is 3.40. The van der Waals surface area contributed by atoms with E-state index in [2.05, 4.69) is 15.0 Å². The first kappa shape index (κ1) is 15.0. The van der Waals surface area contributed by atoms with Crippen molar-refractivity contribution in [1.29, 1.82) is 0 Å². The van der Waals surface area contributed by atoms with Crippen molar-refractivity contribution in [1.82, 2.24) is 19.3 Å². The second kappa shape index (κ2) is 6.07. The molecule has 3 rings (SSSR count). The van der Waals surface area contributed by atoms with Gasteiger partial charge in [0.2, 0.25) is 10.0 Å². The van der Waals surface area contributed by atoms with E-state index in [1.807, 2.05) is 6.92 Å². The SMILES string of the molecule is Cc1ccnc([C@H]2CN(S(=O)(=O)c3cccnc3)CCO2)n1. The summed E-state index contributed by atoms with van der Waals surface area (Å²) < 4.78 is 32.3. The van der Waals surface area contributed by atoms with Crippen LogP contribution in [0.1, 0.15) is 17.6 Å². The first-order valence-electron chi connectivity index (χ1n) is 6.89. The molecule has 1 fully saturated rings. The van der Waals surface area contributed by atoms with E-state index in [9.17, 15) is 8.42 Å². The Hall–Kier alpha value is -1.90. The summed E-state index contributed by atoms with van der Waals surface area (Å²) in [7, 11) is -3.58. The monoisotopic (exact) mass is 320 g/mol. The van der Waals surface area contributed by atoms with E-state index >= 15 is 0 Å². The first-order valence-corrected chi connectivity index (χ1v) is 8.33. The quantitative estimate of drug-likeness (QED) is 0.837. The molecular formula is C14H16N4O3S. The molecule has 8 heteroatoms. The molecule has 0 unspecified atom stereocenters. The number of hydrogen-bond acceptors (Lipinski definition) is 6. The molecule has 0 spiro atoms. The molecule has 1 atom stereocenters. The van der Waals surface area contributed by atoms with E-state index in [0.717, 1.165) is 5.69 Å². The van der Waals surface area contributed by atoms with Crippen LogP contribution >= 0.6 is 0 Å². The van der Waals surface area contributed by atoms with Gasteiger partial charge in [-0.2, -0.15) is 4.31 Å². The number of morpholine rings is 1. The van der Waals surface area contributed by atoms with Crippen molar-refractivity contribution in [3.63, 3.8) is 0 Å². The molecule has 0 saturated carbocycles. The van der Waals surface area contributed by atoms with Gasteiger partial charge in [-0.1, -0.05) is 0 Å². The number of aromatic nitrogens is 3. The number of hydrogen-bond donors (Lipinski definition) is 0. The first-order chi connectivity index (χ1) is 10.6. The number of aryl methyl sites for hydroxylation is 1. The second-order valence-corrected chi connectivity index (χ2v) is 6.91. The topological polar surface area (TPSA) is 85.3 Å². The van der Waals surface area contributed by atoms with Gasteiger partial charge in [-0.05, 0) is 25.1 Å². The van der Waals surface area contributed by atoms with E-state index in [1.54, 1.807) is 24.5 Å². The van der Waals surface area contributed by atoms with Crippen LogP contribution in [0, 0.1) is 6.92 Å². The zero-order chi connectivity index (χ0) is 15.6. The van der Waals surface area contributed by atoms with Crippen molar-refractivity contribution < 1.29 is 13.2 Å². The van der Waals surface area contributed by atoms with Crippen molar-refractivity contribution >= 4 is 10.0 Å². The van der Waals surface area contributed by atoms with Crippen LogP contribution in [0.15, 0.2) is 41.7 Å². The summed E-state index contributed by atoms with van der Waals surface area (Å²) in [6, 6.07) is 4.93. The minimum atomic E-state index is -3.58. The Morgan fingerprint density at radius 3 is 2.91 bits per heavy atom. The molecular weight excluding hydrogens is 304 g/mol. The van der Waals surface area contributed by atoms with Gasteiger partial charge in [0.15, 0.2) is 5.82 Å². The van der Waals surface area contributed by atoms with Crippen molar-refractivity contribution in [2.45, 2.75) is 17.9 Å². The normalized spacial score (nSPS) is 20.0. The fourth-order valence-corrected chi connectivity index (χ4v) is 3.66. The van der Waals surface area contributed by atoms with E-state index in [1.165, 1.54) is 16.6 Å². The summed E-state index contributed by atoms with van der Waals surface area (Å²) in [5.74, 6) is 0.506. The predicted molar refractivity (Wildman–Crippen MR) is 78.5 cm³/mol. The van der Waals surface area contributed by atoms with Gasteiger partial charge >= 0.3 is 0 Å². The summed E-state index contributed by atoms with van der Waals surface area (Å²) in [6.07, 6.45) is 4.08. The fourth-order valence-electron chi connectivity index (χ4n) is 2.27. The molecule has 2 aromatic rings. The third kappa shape index (κ3) is 2.99. The third-order valence-corrected chi connectivity index (χ3v) is 5.25. The second-order valence-electron chi connectivity index (χ2n) is 4.97.